The van der Waals surface area contributed by atoms with Gasteiger partial charge in [0, 0.05) is 30.4 Å². The summed E-state index contributed by atoms with van der Waals surface area (Å²) in [5, 5.41) is 2.57. The summed E-state index contributed by atoms with van der Waals surface area (Å²) in [6, 6.07) is 10.4. The summed E-state index contributed by atoms with van der Waals surface area (Å²) in [5.74, 6) is 0.193. The molecule has 1 aliphatic rings. The highest BCUT2D eigenvalue weighted by molar-refractivity contribution is 7.92. The number of anilines is 1. The van der Waals surface area contributed by atoms with Crippen LogP contribution in [0.15, 0.2) is 47.4 Å². The summed E-state index contributed by atoms with van der Waals surface area (Å²) in [6.07, 6.45) is 0. The van der Waals surface area contributed by atoms with Crippen LogP contribution in [0.5, 0.6) is 11.5 Å². The zero-order chi connectivity index (χ0) is 22.4. The number of hydrogen-bond donors (Lipinski definition) is 2. The Hall–Kier alpha value is -3.27. The van der Waals surface area contributed by atoms with E-state index in [4.69, 9.17) is 9.47 Å². The number of likely N-dealkylation sites (N-methyl/N-ethyl adjacent to an activating group) is 1. The van der Waals surface area contributed by atoms with Gasteiger partial charge in [-0.05, 0) is 44.2 Å². The Kier molecular flexibility index (Phi) is 7.01. The van der Waals surface area contributed by atoms with Crippen LogP contribution in [0.4, 0.5) is 5.69 Å². The maximum atomic E-state index is 12.8. The normalized spacial score (nSPS) is 12.7. The molecule has 166 valence electrons. The third kappa shape index (κ3) is 5.46. The molecule has 2 aromatic carbocycles. The largest absolute Gasteiger partial charge is 0.486 e. The zero-order valence-electron chi connectivity index (χ0n) is 17.4. The molecule has 31 heavy (non-hydrogen) atoms. The van der Waals surface area contributed by atoms with Gasteiger partial charge in [-0.25, -0.2) is 8.42 Å². The van der Waals surface area contributed by atoms with Crippen molar-refractivity contribution in [2.45, 2.75) is 18.7 Å². The molecule has 0 unspecified atom stereocenters. The van der Waals surface area contributed by atoms with Crippen LogP contribution < -0.4 is 19.5 Å². The molecule has 0 aliphatic carbocycles. The Labute approximate surface area is 181 Å². The van der Waals surface area contributed by atoms with E-state index in [1.165, 1.54) is 24.3 Å². The van der Waals surface area contributed by atoms with E-state index in [2.05, 4.69) is 10.0 Å². The number of ether oxygens (including phenoxy) is 2. The lowest BCUT2D eigenvalue weighted by molar-refractivity contribution is -0.129. The van der Waals surface area contributed by atoms with E-state index in [0.717, 1.165) is 0 Å². The smallest absolute Gasteiger partial charge is 0.262 e. The van der Waals surface area contributed by atoms with Gasteiger partial charge in [0.05, 0.1) is 11.4 Å². The number of carbonyl (C=O) groups excluding carboxylic acids is 2. The number of fused-ring (bicyclic) bond motifs is 1. The molecule has 0 fully saturated rings. The molecule has 9 nitrogen and oxygen atoms in total. The summed E-state index contributed by atoms with van der Waals surface area (Å²) >= 11 is 0. The van der Waals surface area contributed by atoms with Crippen molar-refractivity contribution in [3.8, 4) is 11.5 Å². The molecule has 0 saturated carbocycles. The Morgan fingerprint density at radius 3 is 2.42 bits per heavy atom. The van der Waals surface area contributed by atoms with Crippen LogP contribution in [-0.4, -0.2) is 58.0 Å². The zero-order valence-corrected chi connectivity index (χ0v) is 18.2. The van der Waals surface area contributed by atoms with Crippen LogP contribution in [0.3, 0.4) is 0 Å². The van der Waals surface area contributed by atoms with Crippen molar-refractivity contribution in [3.05, 3.63) is 48.0 Å². The number of sulfonamides is 1. The van der Waals surface area contributed by atoms with Crippen molar-refractivity contribution < 1.29 is 27.5 Å². The van der Waals surface area contributed by atoms with Crippen LogP contribution in [0.25, 0.3) is 0 Å². The molecule has 3 rings (SSSR count). The highest BCUT2D eigenvalue weighted by Gasteiger charge is 2.20. The molecule has 0 saturated heterocycles. The fourth-order valence-corrected chi connectivity index (χ4v) is 4.14. The van der Waals surface area contributed by atoms with E-state index in [9.17, 15) is 18.0 Å². The molecule has 0 spiro atoms. The molecular weight excluding hydrogens is 422 g/mol. The summed E-state index contributed by atoms with van der Waals surface area (Å²) in [7, 11) is -3.91. The van der Waals surface area contributed by atoms with Gasteiger partial charge >= 0.3 is 0 Å². The maximum Gasteiger partial charge on any atom is 0.262 e. The van der Waals surface area contributed by atoms with Crippen molar-refractivity contribution in [2.75, 3.05) is 37.6 Å². The second-order valence-corrected chi connectivity index (χ2v) is 8.42. The molecule has 2 amide bonds. The van der Waals surface area contributed by atoms with Gasteiger partial charge in [-0.1, -0.05) is 6.07 Å². The lowest BCUT2D eigenvalue weighted by Crippen LogP contribution is -2.40. The second kappa shape index (κ2) is 9.69. The maximum absolute atomic E-state index is 12.8. The van der Waals surface area contributed by atoms with Crippen LogP contribution >= 0.6 is 0 Å². The minimum absolute atomic E-state index is 0.0106. The van der Waals surface area contributed by atoms with E-state index in [0.29, 0.717) is 37.8 Å². The Morgan fingerprint density at radius 2 is 1.71 bits per heavy atom. The Bertz CT molecular complexity index is 1070. The molecule has 10 heteroatoms. The quantitative estimate of drug-likeness (QED) is 0.639. The van der Waals surface area contributed by atoms with Gasteiger partial charge in [0.1, 0.15) is 13.2 Å². The highest BCUT2D eigenvalue weighted by atomic mass is 32.2. The standard InChI is InChI=1S/C21H25N3O6S/c1-3-24(4-2)20(25)14-22-21(26)15-6-5-7-16(12-15)23-31(27,28)17-8-9-18-19(13-17)30-11-10-29-18/h5-9,12-13,23H,3-4,10-11,14H2,1-2H3,(H,22,26). The summed E-state index contributed by atoms with van der Waals surface area (Å²) in [5.41, 5.74) is 0.451. The van der Waals surface area contributed by atoms with Crippen LogP contribution in [0.1, 0.15) is 24.2 Å². The Balaban J connectivity index is 1.69. The van der Waals surface area contributed by atoms with Crippen molar-refractivity contribution in [2.24, 2.45) is 0 Å². The average Bonchev–Trinajstić information content (AvgIpc) is 2.77. The van der Waals surface area contributed by atoms with Crippen molar-refractivity contribution >= 4 is 27.5 Å². The van der Waals surface area contributed by atoms with Crippen molar-refractivity contribution in [1.82, 2.24) is 10.2 Å². The minimum atomic E-state index is -3.91. The lowest BCUT2D eigenvalue weighted by Gasteiger charge is -2.19. The first-order valence-corrected chi connectivity index (χ1v) is 11.4. The summed E-state index contributed by atoms with van der Waals surface area (Å²) in [4.78, 5) is 26.1. The summed E-state index contributed by atoms with van der Waals surface area (Å²) < 4.78 is 38.8. The third-order valence-electron chi connectivity index (χ3n) is 4.72. The SMILES string of the molecule is CCN(CC)C(=O)CNC(=O)c1cccc(NS(=O)(=O)c2ccc3c(c2)OCCO3)c1. The first kappa shape index (κ1) is 22.4. The van der Waals surface area contributed by atoms with Gasteiger partial charge in [0.2, 0.25) is 5.91 Å². The van der Waals surface area contributed by atoms with Crippen LogP contribution in [0.2, 0.25) is 0 Å². The van der Waals surface area contributed by atoms with Gasteiger partial charge in [-0.3, -0.25) is 14.3 Å². The predicted molar refractivity (Wildman–Crippen MR) is 115 cm³/mol. The number of amides is 2. The van der Waals surface area contributed by atoms with Gasteiger partial charge in [0.15, 0.2) is 11.5 Å². The van der Waals surface area contributed by atoms with Gasteiger partial charge in [-0.15, -0.1) is 0 Å². The molecule has 0 atom stereocenters. The third-order valence-corrected chi connectivity index (χ3v) is 6.10. The highest BCUT2D eigenvalue weighted by Crippen LogP contribution is 2.32. The number of benzene rings is 2. The van der Waals surface area contributed by atoms with E-state index >= 15 is 0 Å². The molecule has 0 radical (unpaired) electrons. The Morgan fingerprint density at radius 1 is 1.00 bits per heavy atom. The molecule has 0 bridgehead atoms. The second-order valence-electron chi connectivity index (χ2n) is 6.74. The average molecular weight is 448 g/mol. The van der Waals surface area contributed by atoms with Crippen LogP contribution in [-0.2, 0) is 14.8 Å². The molecule has 2 aromatic rings. The predicted octanol–water partition coefficient (Wildman–Crippen LogP) is 1.86. The number of carbonyl (C=O) groups is 2. The molecule has 1 aliphatic heterocycles. The van der Waals surface area contributed by atoms with Crippen molar-refractivity contribution in [1.29, 1.82) is 0 Å². The number of rotatable bonds is 8. The van der Waals surface area contributed by atoms with Crippen LogP contribution in [0, 0.1) is 0 Å². The van der Waals surface area contributed by atoms with E-state index in [-0.39, 0.29) is 28.6 Å². The summed E-state index contributed by atoms with van der Waals surface area (Å²) in [6.45, 7) is 5.46. The topological polar surface area (TPSA) is 114 Å². The number of nitrogens with one attached hydrogen (secondary N) is 2. The monoisotopic (exact) mass is 447 g/mol. The first-order chi connectivity index (χ1) is 14.8. The fraction of sp³-hybridized carbons (Fsp3) is 0.333. The number of nitrogens with zero attached hydrogens (tertiary/aromatic N) is 1. The van der Waals surface area contributed by atoms with E-state index < -0.39 is 15.9 Å². The molecular formula is C21H25N3O6S. The number of hydrogen-bond acceptors (Lipinski definition) is 6. The van der Waals surface area contributed by atoms with Gasteiger partial charge in [-0.2, -0.15) is 0 Å². The molecule has 0 aromatic heterocycles. The fourth-order valence-electron chi connectivity index (χ4n) is 3.07. The minimum Gasteiger partial charge on any atom is -0.486 e. The van der Waals surface area contributed by atoms with E-state index in [1.54, 1.807) is 23.1 Å². The van der Waals surface area contributed by atoms with Crippen molar-refractivity contribution in [3.63, 3.8) is 0 Å². The van der Waals surface area contributed by atoms with Gasteiger partial charge < -0.3 is 19.7 Å². The molecule has 2 N–H and O–H groups in total. The van der Waals surface area contributed by atoms with Gasteiger partial charge in [0.25, 0.3) is 15.9 Å². The van der Waals surface area contributed by atoms with E-state index in [1.807, 2.05) is 13.8 Å². The first-order valence-electron chi connectivity index (χ1n) is 9.92. The lowest BCUT2D eigenvalue weighted by atomic mass is 10.2. The molecule has 1 heterocycles.